The summed E-state index contributed by atoms with van der Waals surface area (Å²) in [5, 5.41) is 0. The summed E-state index contributed by atoms with van der Waals surface area (Å²) in [4.78, 5) is 6.66. The first-order valence-electron chi connectivity index (χ1n) is 7.12. The predicted molar refractivity (Wildman–Crippen MR) is 78.6 cm³/mol. The molecule has 0 unspecified atom stereocenters. The monoisotopic (exact) mass is 250 g/mol. The molecule has 0 saturated heterocycles. The van der Waals surface area contributed by atoms with E-state index in [0.29, 0.717) is 0 Å². The number of rotatable bonds is 2. The zero-order valence-electron chi connectivity index (χ0n) is 11.3. The molecule has 19 heavy (non-hydrogen) atoms. The van der Waals surface area contributed by atoms with Crippen LogP contribution in [-0.2, 0) is 6.42 Å². The molecule has 1 aromatic heterocycles. The molecule has 4 rings (SSSR count). The molecule has 96 valence electrons. The second kappa shape index (κ2) is 4.09. The van der Waals surface area contributed by atoms with Crippen LogP contribution in [0.1, 0.15) is 29.9 Å². The van der Waals surface area contributed by atoms with E-state index in [-0.39, 0.29) is 0 Å². The third-order valence-electron chi connectivity index (χ3n) is 4.40. The third kappa shape index (κ3) is 1.74. The van der Waals surface area contributed by atoms with Crippen molar-refractivity contribution in [3.63, 3.8) is 0 Å². The normalized spacial score (nSPS) is 17.6. The second-order valence-corrected chi connectivity index (χ2v) is 5.71. The van der Waals surface area contributed by atoms with E-state index in [1.165, 1.54) is 36.1 Å². The van der Waals surface area contributed by atoms with Crippen LogP contribution < -0.4 is 4.90 Å². The molecular weight excluding hydrogens is 232 g/mol. The van der Waals surface area contributed by atoms with E-state index in [9.17, 15) is 0 Å². The van der Waals surface area contributed by atoms with Crippen molar-refractivity contribution in [1.82, 2.24) is 4.98 Å². The highest BCUT2D eigenvalue weighted by Crippen LogP contribution is 2.49. The number of likely N-dealkylation sites (N-methyl/N-ethyl adjacent to an activating group) is 1. The SMILES string of the molecule is CN1CCc2c1ccc(-c1cccnc1)c2C1CC1. The number of hydrogen-bond donors (Lipinski definition) is 0. The molecule has 0 amide bonds. The van der Waals surface area contributed by atoms with Gasteiger partial charge in [0.25, 0.3) is 0 Å². The summed E-state index contributed by atoms with van der Waals surface area (Å²) in [5.41, 5.74) is 7.31. The average molecular weight is 250 g/mol. The van der Waals surface area contributed by atoms with Crippen molar-refractivity contribution in [2.75, 3.05) is 18.5 Å². The Morgan fingerprint density at radius 1 is 1.21 bits per heavy atom. The number of hydrogen-bond acceptors (Lipinski definition) is 2. The van der Waals surface area contributed by atoms with Gasteiger partial charge in [-0.1, -0.05) is 12.1 Å². The number of fused-ring (bicyclic) bond motifs is 1. The second-order valence-electron chi connectivity index (χ2n) is 5.71. The molecule has 0 radical (unpaired) electrons. The Balaban J connectivity index is 1.93. The molecule has 1 aliphatic carbocycles. The zero-order chi connectivity index (χ0) is 12.8. The van der Waals surface area contributed by atoms with Crippen LogP contribution in [-0.4, -0.2) is 18.6 Å². The molecule has 0 spiro atoms. The van der Waals surface area contributed by atoms with Crippen LogP contribution in [0.2, 0.25) is 0 Å². The van der Waals surface area contributed by atoms with Gasteiger partial charge in [-0.3, -0.25) is 4.98 Å². The van der Waals surface area contributed by atoms with Crippen LogP contribution >= 0.6 is 0 Å². The van der Waals surface area contributed by atoms with Crippen LogP contribution in [0, 0.1) is 0 Å². The van der Waals surface area contributed by atoms with Crippen molar-refractivity contribution in [2.45, 2.75) is 25.2 Å². The van der Waals surface area contributed by atoms with Crippen LogP contribution in [0.5, 0.6) is 0 Å². The molecule has 1 saturated carbocycles. The van der Waals surface area contributed by atoms with Crippen molar-refractivity contribution in [3.8, 4) is 11.1 Å². The fourth-order valence-electron chi connectivity index (χ4n) is 3.29. The minimum absolute atomic E-state index is 0.789. The largest absolute Gasteiger partial charge is 0.374 e. The molecule has 1 aromatic carbocycles. The van der Waals surface area contributed by atoms with Gasteiger partial charge in [-0.05, 0) is 54.0 Å². The van der Waals surface area contributed by atoms with Gasteiger partial charge in [0.05, 0.1) is 0 Å². The topological polar surface area (TPSA) is 16.1 Å². The molecular formula is C17H18N2. The number of anilines is 1. The summed E-state index contributed by atoms with van der Waals surface area (Å²) in [6.07, 6.45) is 7.75. The molecule has 2 aromatic rings. The van der Waals surface area contributed by atoms with E-state index in [1.807, 2.05) is 18.5 Å². The first kappa shape index (κ1) is 11.0. The molecule has 2 nitrogen and oxygen atoms in total. The quantitative estimate of drug-likeness (QED) is 0.809. The highest BCUT2D eigenvalue weighted by Gasteiger charge is 2.32. The Morgan fingerprint density at radius 3 is 2.84 bits per heavy atom. The highest BCUT2D eigenvalue weighted by atomic mass is 15.1. The summed E-state index contributed by atoms with van der Waals surface area (Å²) in [5.74, 6) is 0.789. The molecule has 0 N–H and O–H groups in total. The van der Waals surface area contributed by atoms with Crippen molar-refractivity contribution < 1.29 is 0 Å². The van der Waals surface area contributed by atoms with Crippen molar-refractivity contribution in [3.05, 3.63) is 47.8 Å². The van der Waals surface area contributed by atoms with Gasteiger partial charge >= 0.3 is 0 Å². The first-order valence-corrected chi connectivity index (χ1v) is 7.12. The molecule has 1 fully saturated rings. The molecule has 0 atom stereocenters. The molecule has 0 bridgehead atoms. The lowest BCUT2D eigenvalue weighted by Gasteiger charge is -2.17. The maximum absolute atomic E-state index is 4.28. The smallest absolute Gasteiger partial charge is 0.0400 e. The zero-order valence-corrected chi connectivity index (χ0v) is 11.3. The highest BCUT2D eigenvalue weighted by molar-refractivity contribution is 5.76. The maximum atomic E-state index is 4.28. The van der Waals surface area contributed by atoms with Gasteiger partial charge in [-0.25, -0.2) is 0 Å². The fraction of sp³-hybridized carbons (Fsp3) is 0.353. The first-order chi connectivity index (χ1) is 9.34. The Morgan fingerprint density at radius 2 is 2.11 bits per heavy atom. The lowest BCUT2D eigenvalue weighted by atomic mass is 9.91. The van der Waals surface area contributed by atoms with E-state index in [0.717, 1.165) is 12.5 Å². The number of benzene rings is 1. The van der Waals surface area contributed by atoms with Gasteiger partial charge in [0.2, 0.25) is 0 Å². The summed E-state index contributed by atoms with van der Waals surface area (Å²) in [6.45, 7) is 1.16. The van der Waals surface area contributed by atoms with Gasteiger partial charge in [0.1, 0.15) is 0 Å². The van der Waals surface area contributed by atoms with Crippen LogP contribution in [0.25, 0.3) is 11.1 Å². The Hall–Kier alpha value is -1.83. The van der Waals surface area contributed by atoms with Crippen LogP contribution in [0.4, 0.5) is 5.69 Å². The van der Waals surface area contributed by atoms with E-state index in [1.54, 1.807) is 11.1 Å². The summed E-state index contributed by atoms with van der Waals surface area (Å²) < 4.78 is 0. The van der Waals surface area contributed by atoms with E-state index in [4.69, 9.17) is 0 Å². The predicted octanol–water partition coefficient (Wildman–Crippen LogP) is 3.62. The summed E-state index contributed by atoms with van der Waals surface area (Å²) >= 11 is 0. The summed E-state index contributed by atoms with van der Waals surface area (Å²) in [6, 6.07) is 8.80. The molecule has 2 aliphatic rings. The lowest BCUT2D eigenvalue weighted by molar-refractivity contribution is 0.947. The Labute approximate surface area is 114 Å². The molecule has 2 heteroatoms. The van der Waals surface area contributed by atoms with Gasteiger partial charge in [0, 0.05) is 37.2 Å². The van der Waals surface area contributed by atoms with Gasteiger partial charge in [-0.2, -0.15) is 0 Å². The minimum atomic E-state index is 0.789. The van der Waals surface area contributed by atoms with Crippen LogP contribution in [0.3, 0.4) is 0 Å². The summed E-state index contributed by atoms with van der Waals surface area (Å²) in [7, 11) is 2.20. The third-order valence-corrected chi connectivity index (χ3v) is 4.40. The van der Waals surface area contributed by atoms with Gasteiger partial charge in [0.15, 0.2) is 0 Å². The van der Waals surface area contributed by atoms with Crippen molar-refractivity contribution in [2.24, 2.45) is 0 Å². The van der Waals surface area contributed by atoms with Crippen LogP contribution in [0.15, 0.2) is 36.7 Å². The number of aromatic nitrogens is 1. The number of pyridine rings is 1. The Bertz CT molecular complexity index is 615. The van der Waals surface area contributed by atoms with E-state index < -0.39 is 0 Å². The standard InChI is InChI=1S/C17H18N2/c1-19-10-8-15-16(19)7-6-14(17(15)12-4-5-12)13-3-2-9-18-11-13/h2-3,6-7,9,11-12H,4-5,8,10H2,1H3. The van der Waals surface area contributed by atoms with Crippen molar-refractivity contribution >= 4 is 5.69 Å². The van der Waals surface area contributed by atoms with Gasteiger partial charge in [-0.15, -0.1) is 0 Å². The van der Waals surface area contributed by atoms with E-state index in [2.05, 4.69) is 35.1 Å². The number of nitrogens with zero attached hydrogens (tertiary/aromatic N) is 2. The maximum Gasteiger partial charge on any atom is 0.0400 e. The average Bonchev–Trinajstić information content (AvgIpc) is 3.23. The van der Waals surface area contributed by atoms with Gasteiger partial charge < -0.3 is 4.90 Å². The van der Waals surface area contributed by atoms with Crippen molar-refractivity contribution in [1.29, 1.82) is 0 Å². The minimum Gasteiger partial charge on any atom is -0.374 e. The molecule has 1 aliphatic heterocycles. The Kier molecular flexibility index (Phi) is 2.37. The lowest BCUT2D eigenvalue weighted by Crippen LogP contribution is -2.12. The van der Waals surface area contributed by atoms with E-state index >= 15 is 0 Å². The molecule has 2 heterocycles. The fourth-order valence-corrected chi connectivity index (χ4v) is 3.29.